The Hall–Kier alpha value is -1.97. The average molecular weight is 384 g/mol. The number of benzene rings is 1. The minimum Gasteiger partial charge on any atom is -0.335 e. The van der Waals surface area contributed by atoms with E-state index in [1.54, 1.807) is 36.1 Å². The monoisotopic (exact) mass is 383 g/mol. The Morgan fingerprint density at radius 2 is 1.84 bits per heavy atom. The summed E-state index contributed by atoms with van der Waals surface area (Å²) in [6, 6.07) is 7.03. The smallest absolute Gasteiger partial charge is 0.276 e. The van der Waals surface area contributed by atoms with Gasteiger partial charge in [-0.2, -0.15) is 14.2 Å². The highest BCUT2D eigenvalue weighted by atomic mass is 35.5. The largest absolute Gasteiger partial charge is 0.335 e. The van der Waals surface area contributed by atoms with Crippen molar-refractivity contribution in [1.29, 1.82) is 0 Å². The van der Waals surface area contributed by atoms with Gasteiger partial charge < -0.3 is 4.90 Å². The Morgan fingerprint density at radius 1 is 1.16 bits per heavy atom. The molecule has 1 aromatic carbocycles. The summed E-state index contributed by atoms with van der Waals surface area (Å²) < 4.78 is 24.5. The van der Waals surface area contributed by atoms with Crippen molar-refractivity contribution in [2.45, 2.75) is 6.92 Å². The van der Waals surface area contributed by atoms with Gasteiger partial charge in [-0.15, -0.1) is 5.10 Å². The zero-order valence-electron chi connectivity index (χ0n) is 13.9. The second-order valence-corrected chi connectivity index (χ2v) is 8.28. The fourth-order valence-corrected chi connectivity index (χ4v) is 3.68. The summed E-state index contributed by atoms with van der Waals surface area (Å²) in [4.78, 5) is 15.7. The lowest BCUT2D eigenvalue weighted by molar-refractivity contribution is 0.0691. The van der Waals surface area contributed by atoms with Gasteiger partial charge in [0.25, 0.3) is 5.91 Å². The van der Waals surface area contributed by atoms with Gasteiger partial charge in [0.05, 0.1) is 17.6 Å². The van der Waals surface area contributed by atoms with E-state index in [1.807, 2.05) is 0 Å². The first-order valence-corrected chi connectivity index (χ1v) is 9.92. The first-order valence-electron chi connectivity index (χ1n) is 7.70. The summed E-state index contributed by atoms with van der Waals surface area (Å²) in [5.41, 5.74) is 1.43. The van der Waals surface area contributed by atoms with Crippen LogP contribution in [-0.4, -0.2) is 71.0 Å². The molecule has 1 aliphatic rings. The molecule has 2 heterocycles. The van der Waals surface area contributed by atoms with Crippen molar-refractivity contribution in [2.75, 3.05) is 32.4 Å². The van der Waals surface area contributed by atoms with Crippen LogP contribution in [0.1, 0.15) is 16.2 Å². The quantitative estimate of drug-likeness (QED) is 0.787. The van der Waals surface area contributed by atoms with Crippen molar-refractivity contribution in [3.05, 3.63) is 40.7 Å². The number of piperazine rings is 1. The number of amides is 1. The lowest BCUT2D eigenvalue weighted by atomic mass is 10.2. The average Bonchev–Trinajstić information content (AvgIpc) is 2.95. The molecule has 1 aliphatic heterocycles. The van der Waals surface area contributed by atoms with E-state index in [2.05, 4.69) is 10.2 Å². The molecule has 1 amide bonds. The van der Waals surface area contributed by atoms with Crippen molar-refractivity contribution < 1.29 is 13.2 Å². The number of carbonyl (C=O) groups excluding carboxylic acids is 1. The fraction of sp³-hybridized carbons (Fsp3) is 0.400. The number of carbonyl (C=O) groups is 1. The van der Waals surface area contributed by atoms with E-state index >= 15 is 0 Å². The van der Waals surface area contributed by atoms with Crippen LogP contribution < -0.4 is 0 Å². The van der Waals surface area contributed by atoms with Crippen LogP contribution in [0, 0.1) is 6.92 Å². The van der Waals surface area contributed by atoms with Crippen LogP contribution in [0.15, 0.2) is 24.3 Å². The highest BCUT2D eigenvalue weighted by Gasteiger charge is 2.29. The number of rotatable bonds is 3. The second kappa shape index (κ2) is 6.74. The molecule has 0 N–H and O–H groups in total. The maximum absolute atomic E-state index is 12.7. The van der Waals surface area contributed by atoms with Crippen molar-refractivity contribution in [1.82, 2.24) is 24.2 Å². The molecule has 0 aliphatic carbocycles. The summed E-state index contributed by atoms with van der Waals surface area (Å²) in [5, 5.41) is 9.13. The SMILES string of the molecule is Cc1nn(-c2cccc(Cl)c2)nc1C(=O)N1CCN(S(C)(=O)=O)CC1. The second-order valence-electron chi connectivity index (χ2n) is 5.86. The highest BCUT2D eigenvalue weighted by molar-refractivity contribution is 7.88. The molecule has 1 aromatic heterocycles. The van der Waals surface area contributed by atoms with E-state index in [1.165, 1.54) is 15.4 Å². The Bertz CT molecular complexity index is 904. The zero-order valence-corrected chi connectivity index (χ0v) is 15.5. The maximum atomic E-state index is 12.7. The molecule has 0 radical (unpaired) electrons. The predicted octanol–water partition coefficient (Wildman–Crippen LogP) is 0.947. The standard InChI is InChI=1S/C15H18ClN5O3S/c1-11-14(18-21(17-11)13-5-3-4-12(16)10-13)15(22)19-6-8-20(9-7-19)25(2,23)24/h3-5,10H,6-9H2,1-2H3. The number of sulfonamides is 1. The molecule has 0 bridgehead atoms. The first-order chi connectivity index (χ1) is 11.8. The van der Waals surface area contributed by atoms with Crippen LogP contribution in [-0.2, 0) is 10.0 Å². The first kappa shape index (κ1) is 17.8. The van der Waals surface area contributed by atoms with Crippen LogP contribution in [0.4, 0.5) is 0 Å². The number of halogens is 1. The van der Waals surface area contributed by atoms with Gasteiger partial charge >= 0.3 is 0 Å². The Balaban J connectivity index is 1.78. The molecule has 3 rings (SSSR count). The van der Waals surface area contributed by atoms with Gasteiger partial charge in [-0.3, -0.25) is 4.79 Å². The highest BCUT2D eigenvalue weighted by Crippen LogP contribution is 2.16. The summed E-state index contributed by atoms with van der Waals surface area (Å²) in [5.74, 6) is -0.251. The van der Waals surface area contributed by atoms with Crippen LogP contribution >= 0.6 is 11.6 Å². The Morgan fingerprint density at radius 3 is 2.44 bits per heavy atom. The molecule has 134 valence electrons. The third kappa shape index (κ3) is 3.83. The van der Waals surface area contributed by atoms with Crippen LogP contribution in [0.3, 0.4) is 0 Å². The third-order valence-electron chi connectivity index (χ3n) is 4.02. The summed E-state index contributed by atoms with van der Waals surface area (Å²) in [7, 11) is -3.23. The number of hydrogen-bond donors (Lipinski definition) is 0. The maximum Gasteiger partial charge on any atom is 0.276 e. The molecule has 0 saturated carbocycles. The molecule has 1 saturated heterocycles. The number of aromatic nitrogens is 3. The van der Waals surface area contributed by atoms with E-state index in [0.717, 1.165) is 0 Å². The van der Waals surface area contributed by atoms with E-state index in [4.69, 9.17) is 11.6 Å². The zero-order chi connectivity index (χ0) is 18.2. The van der Waals surface area contributed by atoms with Crippen LogP contribution in [0.2, 0.25) is 5.02 Å². The van der Waals surface area contributed by atoms with Crippen molar-refractivity contribution in [3.8, 4) is 5.69 Å². The minimum absolute atomic E-state index is 0.251. The van der Waals surface area contributed by atoms with Crippen molar-refractivity contribution >= 4 is 27.5 Å². The van der Waals surface area contributed by atoms with E-state index < -0.39 is 10.0 Å². The predicted molar refractivity (Wildman–Crippen MR) is 93.4 cm³/mol. The van der Waals surface area contributed by atoms with Gasteiger partial charge in [0.15, 0.2) is 5.69 Å². The molecule has 25 heavy (non-hydrogen) atoms. The topological polar surface area (TPSA) is 88.4 Å². The van der Waals surface area contributed by atoms with E-state index in [9.17, 15) is 13.2 Å². The molecule has 0 spiro atoms. The summed E-state index contributed by atoms with van der Waals surface area (Å²) in [6.45, 7) is 2.94. The molecule has 0 atom stereocenters. The van der Waals surface area contributed by atoms with Gasteiger partial charge in [-0.1, -0.05) is 17.7 Å². The van der Waals surface area contributed by atoms with Crippen molar-refractivity contribution in [2.24, 2.45) is 0 Å². The molecule has 2 aromatic rings. The molecule has 8 nitrogen and oxygen atoms in total. The van der Waals surface area contributed by atoms with Gasteiger partial charge in [0, 0.05) is 31.2 Å². The summed E-state index contributed by atoms with van der Waals surface area (Å²) in [6.07, 6.45) is 1.17. The molecular formula is C15H18ClN5O3S. The van der Waals surface area contributed by atoms with Gasteiger partial charge in [0.2, 0.25) is 10.0 Å². The number of aryl methyl sites for hydroxylation is 1. The molecular weight excluding hydrogens is 366 g/mol. The molecule has 1 fully saturated rings. The normalized spacial score (nSPS) is 16.2. The lowest BCUT2D eigenvalue weighted by Crippen LogP contribution is -2.50. The van der Waals surface area contributed by atoms with Crippen LogP contribution in [0.5, 0.6) is 0 Å². The fourth-order valence-electron chi connectivity index (χ4n) is 2.67. The molecule has 10 heteroatoms. The lowest BCUT2D eigenvalue weighted by Gasteiger charge is -2.32. The number of hydrogen-bond acceptors (Lipinski definition) is 5. The van der Waals surface area contributed by atoms with Gasteiger partial charge in [-0.25, -0.2) is 8.42 Å². The Labute approximate surface area is 151 Å². The van der Waals surface area contributed by atoms with Crippen molar-refractivity contribution in [3.63, 3.8) is 0 Å². The molecule has 0 unspecified atom stereocenters. The third-order valence-corrected chi connectivity index (χ3v) is 5.56. The van der Waals surface area contributed by atoms with E-state index in [0.29, 0.717) is 29.5 Å². The number of nitrogens with zero attached hydrogens (tertiary/aromatic N) is 5. The minimum atomic E-state index is -3.23. The van der Waals surface area contributed by atoms with Gasteiger partial charge in [0.1, 0.15) is 0 Å². The van der Waals surface area contributed by atoms with Crippen LogP contribution in [0.25, 0.3) is 5.69 Å². The van der Waals surface area contributed by atoms with E-state index in [-0.39, 0.29) is 24.7 Å². The summed E-state index contributed by atoms with van der Waals surface area (Å²) >= 11 is 5.98. The Kier molecular flexibility index (Phi) is 4.81. The van der Waals surface area contributed by atoms with Gasteiger partial charge in [-0.05, 0) is 25.1 Å².